The Balaban J connectivity index is 1.99. The van der Waals surface area contributed by atoms with Crippen molar-refractivity contribution < 1.29 is 0 Å². The van der Waals surface area contributed by atoms with Gasteiger partial charge in [0.25, 0.3) is 0 Å². The van der Waals surface area contributed by atoms with Gasteiger partial charge >= 0.3 is 0 Å². The summed E-state index contributed by atoms with van der Waals surface area (Å²) in [5.74, 6) is 0.996. The Hall–Kier alpha value is -0.0800. The molecule has 2 nitrogen and oxygen atoms in total. The largest absolute Gasteiger partial charge is 0.316 e. The molecule has 0 spiro atoms. The summed E-state index contributed by atoms with van der Waals surface area (Å²) >= 11 is 0. The number of likely N-dealkylation sites (N-methyl/N-ethyl adjacent to an activating group) is 1. The lowest BCUT2D eigenvalue weighted by atomic mass is 9.81. The molecule has 2 fully saturated rings. The fraction of sp³-hybridized carbons (Fsp3) is 1.00. The molecule has 0 aromatic carbocycles. The first kappa shape index (κ1) is 14.3. The molecule has 0 radical (unpaired) electrons. The Bertz CT molecular complexity index is 241. The van der Waals surface area contributed by atoms with Gasteiger partial charge in [0.15, 0.2) is 0 Å². The molecule has 0 amide bonds. The highest BCUT2D eigenvalue weighted by Gasteiger charge is 2.34. The van der Waals surface area contributed by atoms with Gasteiger partial charge in [-0.25, -0.2) is 0 Å². The highest BCUT2D eigenvalue weighted by molar-refractivity contribution is 4.90. The quantitative estimate of drug-likeness (QED) is 0.825. The Morgan fingerprint density at radius 2 is 2.00 bits per heavy atom. The van der Waals surface area contributed by atoms with E-state index in [2.05, 4.69) is 31.1 Å². The SMILES string of the molecule is CCC1CCCC(N2CCCCC2C(C)NC)C1. The molecule has 18 heavy (non-hydrogen) atoms. The molecule has 106 valence electrons. The van der Waals surface area contributed by atoms with Crippen LogP contribution in [0.2, 0.25) is 0 Å². The molecular weight excluding hydrogens is 220 g/mol. The molecule has 1 aliphatic heterocycles. The van der Waals surface area contributed by atoms with Crippen LogP contribution in [-0.4, -0.2) is 36.6 Å². The van der Waals surface area contributed by atoms with E-state index in [0.29, 0.717) is 6.04 Å². The molecule has 1 aliphatic carbocycles. The Morgan fingerprint density at radius 3 is 2.72 bits per heavy atom. The maximum absolute atomic E-state index is 3.49. The summed E-state index contributed by atoms with van der Waals surface area (Å²) in [7, 11) is 2.12. The summed E-state index contributed by atoms with van der Waals surface area (Å²) in [6.45, 7) is 6.08. The average Bonchev–Trinajstić information content (AvgIpc) is 2.46. The highest BCUT2D eigenvalue weighted by Crippen LogP contribution is 2.33. The fourth-order valence-electron chi connectivity index (χ4n) is 4.10. The fourth-order valence-corrected chi connectivity index (χ4v) is 4.10. The summed E-state index contributed by atoms with van der Waals surface area (Å²) in [5.41, 5.74) is 0. The van der Waals surface area contributed by atoms with Crippen molar-refractivity contribution in [1.82, 2.24) is 10.2 Å². The molecule has 4 atom stereocenters. The van der Waals surface area contributed by atoms with E-state index < -0.39 is 0 Å². The number of hydrogen-bond donors (Lipinski definition) is 1. The number of piperidine rings is 1. The van der Waals surface area contributed by atoms with Crippen LogP contribution in [-0.2, 0) is 0 Å². The summed E-state index contributed by atoms with van der Waals surface area (Å²) < 4.78 is 0. The van der Waals surface area contributed by atoms with Gasteiger partial charge in [0.05, 0.1) is 0 Å². The predicted molar refractivity (Wildman–Crippen MR) is 78.9 cm³/mol. The van der Waals surface area contributed by atoms with Crippen LogP contribution in [0.4, 0.5) is 0 Å². The standard InChI is InChI=1S/C16H32N2/c1-4-14-8-7-9-15(12-14)18-11-6-5-10-16(18)13(2)17-3/h13-17H,4-12H2,1-3H3. The number of rotatable bonds is 4. The van der Waals surface area contributed by atoms with Crippen molar-refractivity contribution >= 4 is 0 Å². The molecule has 1 saturated heterocycles. The summed E-state index contributed by atoms with van der Waals surface area (Å²) in [4.78, 5) is 2.87. The van der Waals surface area contributed by atoms with Gasteiger partial charge in [-0.15, -0.1) is 0 Å². The van der Waals surface area contributed by atoms with Gasteiger partial charge in [-0.1, -0.05) is 32.6 Å². The molecule has 1 saturated carbocycles. The van der Waals surface area contributed by atoms with Crippen molar-refractivity contribution in [2.45, 2.75) is 83.3 Å². The van der Waals surface area contributed by atoms with E-state index in [-0.39, 0.29) is 0 Å². The molecular formula is C16H32N2. The van der Waals surface area contributed by atoms with E-state index in [1.54, 1.807) is 0 Å². The first-order valence-electron chi connectivity index (χ1n) is 8.19. The topological polar surface area (TPSA) is 15.3 Å². The van der Waals surface area contributed by atoms with Crippen molar-refractivity contribution in [2.75, 3.05) is 13.6 Å². The zero-order valence-electron chi connectivity index (χ0n) is 12.6. The Kier molecular flexibility index (Phi) is 5.50. The van der Waals surface area contributed by atoms with Crippen molar-refractivity contribution in [3.63, 3.8) is 0 Å². The summed E-state index contributed by atoms with van der Waals surface area (Å²) in [5, 5.41) is 3.49. The molecule has 4 unspecified atom stereocenters. The Labute approximate surface area is 114 Å². The number of likely N-dealkylation sites (tertiary alicyclic amines) is 1. The van der Waals surface area contributed by atoms with Gasteiger partial charge in [-0.3, -0.25) is 4.90 Å². The number of hydrogen-bond acceptors (Lipinski definition) is 2. The van der Waals surface area contributed by atoms with Crippen LogP contribution in [0.3, 0.4) is 0 Å². The average molecular weight is 252 g/mol. The van der Waals surface area contributed by atoms with Crippen LogP contribution in [0.25, 0.3) is 0 Å². The molecule has 2 heteroatoms. The maximum atomic E-state index is 3.49. The van der Waals surface area contributed by atoms with Crippen LogP contribution >= 0.6 is 0 Å². The minimum absolute atomic E-state index is 0.646. The molecule has 0 aromatic rings. The smallest absolute Gasteiger partial charge is 0.0249 e. The molecule has 2 aliphatic rings. The molecule has 0 aromatic heterocycles. The van der Waals surface area contributed by atoms with Crippen LogP contribution in [0.15, 0.2) is 0 Å². The van der Waals surface area contributed by atoms with Gasteiger partial charge in [-0.2, -0.15) is 0 Å². The van der Waals surface area contributed by atoms with E-state index in [9.17, 15) is 0 Å². The van der Waals surface area contributed by atoms with Crippen LogP contribution < -0.4 is 5.32 Å². The minimum Gasteiger partial charge on any atom is -0.316 e. The van der Waals surface area contributed by atoms with E-state index in [1.807, 2.05) is 0 Å². The zero-order chi connectivity index (χ0) is 13.0. The third-order valence-corrected chi connectivity index (χ3v) is 5.43. The van der Waals surface area contributed by atoms with Crippen molar-refractivity contribution in [3.8, 4) is 0 Å². The number of nitrogens with one attached hydrogen (secondary N) is 1. The van der Waals surface area contributed by atoms with Gasteiger partial charge < -0.3 is 5.32 Å². The second kappa shape index (κ2) is 6.91. The van der Waals surface area contributed by atoms with E-state index in [4.69, 9.17) is 0 Å². The second-order valence-corrected chi connectivity index (χ2v) is 6.47. The van der Waals surface area contributed by atoms with Crippen molar-refractivity contribution in [3.05, 3.63) is 0 Å². The van der Waals surface area contributed by atoms with Crippen molar-refractivity contribution in [2.24, 2.45) is 5.92 Å². The van der Waals surface area contributed by atoms with E-state index in [0.717, 1.165) is 18.0 Å². The third-order valence-electron chi connectivity index (χ3n) is 5.43. The highest BCUT2D eigenvalue weighted by atomic mass is 15.2. The van der Waals surface area contributed by atoms with Crippen LogP contribution in [0.5, 0.6) is 0 Å². The van der Waals surface area contributed by atoms with Gasteiger partial charge in [0.1, 0.15) is 0 Å². The number of nitrogens with zero attached hydrogens (tertiary/aromatic N) is 1. The predicted octanol–water partition coefficient (Wildman–Crippen LogP) is 3.42. The molecule has 1 heterocycles. The normalized spacial score (nSPS) is 36.5. The van der Waals surface area contributed by atoms with Gasteiger partial charge in [-0.05, 0) is 52.1 Å². The Morgan fingerprint density at radius 1 is 1.17 bits per heavy atom. The molecule has 2 rings (SSSR count). The van der Waals surface area contributed by atoms with Gasteiger partial charge in [0.2, 0.25) is 0 Å². The lowest BCUT2D eigenvalue weighted by Crippen LogP contribution is -2.55. The lowest BCUT2D eigenvalue weighted by Gasteiger charge is -2.46. The summed E-state index contributed by atoms with van der Waals surface area (Å²) in [6.07, 6.45) is 11.5. The van der Waals surface area contributed by atoms with E-state index >= 15 is 0 Å². The first-order chi connectivity index (χ1) is 8.76. The lowest BCUT2D eigenvalue weighted by molar-refractivity contribution is 0.0431. The zero-order valence-corrected chi connectivity index (χ0v) is 12.6. The molecule has 1 N–H and O–H groups in total. The third kappa shape index (κ3) is 3.27. The second-order valence-electron chi connectivity index (χ2n) is 6.47. The van der Waals surface area contributed by atoms with E-state index in [1.165, 1.54) is 57.9 Å². The molecule has 0 bridgehead atoms. The van der Waals surface area contributed by atoms with Gasteiger partial charge in [0, 0.05) is 18.1 Å². The first-order valence-corrected chi connectivity index (χ1v) is 8.19. The van der Waals surface area contributed by atoms with Crippen LogP contribution in [0, 0.1) is 5.92 Å². The summed E-state index contributed by atoms with van der Waals surface area (Å²) in [6, 6.07) is 2.31. The minimum atomic E-state index is 0.646. The maximum Gasteiger partial charge on any atom is 0.0249 e. The van der Waals surface area contributed by atoms with Crippen molar-refractivity contribution in [1.29, 1.82) is 0 Å². The van der Waals surface area contributed by atoms with Crippen LogP contribution in [0.1, 0.15) is 65.2 Å². The monoisotopic (exact) mass is 252 g/mol.